The number of pyridine rings is 3. The Labute approximate surface area is 531 Å². The Balaban J connectivity index is 0.000000225. The number of aromatic nitrogens is 4. The average molecular weight is 1370 g/mol. The van der Waals surface area contributed by atoms with E-state index in [0.29, 0.717) is 54.5 Å². The molecule has 0 spiro atoms. The van der Waals surface area contributed by atoms with Crippen molar-refractivity contribution in [2.75, 3.05) is 20.0 Å². The fourth-order valence-electron chi connectivity index (χ4n) is 9.15. The molecule has 6 amide bonds. The molecule has 9 heterocycles. The molecule has 37 heteroatoms. The second-order valence-electron chi connectivity index (χ2n) is 24.3. The van der Waals surface area contributed by atoms with E-state index in [4.69, 9.17) is 24.2 Å². The van der Waals surface area contributed by atoms with Crippen molar-refractivity contribution in [2.24, 2.45) is 0 Å². The molecule has 4 aromatic heterocycles. The van der Waals surface area contributed by atoms with Gasteiger partial charge in [0.2, 0.25) is 59.2 Å². The molecule has 5 saturated heterocycles. The zero-order valence-electron chi connectivity index (χ0n) is 51.9. The van der Waals surface area contributed by atoms with Crippen LogP contribution in [0, 0.1) is 17.8 Å². The van der Waals surface area contributed by atoms with Crippen LogP contribution in [0.5, 0.6) is 0 Å². The molecule has 5 fully saturated rings. The van der Waals surface area contributed by atoms with Gasteiger partial charge in [-0.15, -0.1) is 0 Å². The number of halogens is 12. The fourth-order valence-corrected chi connectivity index (χ4v) is 9.15. The second-order valence-corrected chi connectivity index (χ2v) is 24.3. The van der Waals surface area contributed by atoms with Crippen LogP contribution in [-0.2, 0) is 81.4 Å². The first-order valence-corrected chi connectivity index (χ1v) is 28.5. The average Bonchev–Trinajstić information content (AvgIpc) is 1.77. The monoisotopic (exact) mass is 1370 g/mol. The van der Waals surface area contributed by atoms with Crippen LogP contribution in [0.3, 0.4) is 0 Å². The van der Waals surface area contributed by atoms with Crippen LogP contribution >= 0.6 is 0 Å². The number of alkyl halides is 9. The van der Waals surface area contributed by atoms with Gasteiger partial charge in [0.15, 0.2) is 0 Å². The van der Waals surface area contributed by atoms with Crippen LogP contribution in [0.4, 0.5) is 76.0 Å². The summed E-state index contributed by atoms with van der Waals surface area (Å²) in [5.74, 6) is -12.3. The van der Waals surface area contributed by atoms with Crippen LogP contribution < -0.4 is 30.7 Å². The van der Waals surface area contributed by atoms with Crippen molar-refractivity contribution >= 4 is 82.7 Å². The molecule has 0 unspecified atom stereocenters. The second kappa shape index (κ2) is 29.9. The highest BCUT2D eigenvalue weighted by atomic mass is 19.4. The molecule has 5 N–H and O–H groups in total. The fraction of sp³-hybridized carbons (Fsp3) is 0.517. The standard InChI is InChI=1S/C18H18F4N4O3.C15H16F4N2O3.C11H8F4N2O3.C9H15NO3.C5H7NO3/c1-17(2,3)11-8-13(29-25-11)24-16(28)10-5-7-14(27)26(10)12-6-4-9(15(19)23-12)18(20,21)22;1-14(2,3)24-13(23)9-5-7-11(22)21(9)10-6-4-8(12(16)20-10)15(17,18)19;12-9-5(11(13,14)15)1-3-7(16-9)17-6(10(19)20)2-4-8(17)18;1-9(2,3)13-8(12)6-4-5-7(11)10-6;7-4-2-1-3(6-4)5(8)9/h4,6,8,10H,5,7H2,1-3H3,(H,24,28);4,6,9H,5,7H2,1-3H3;1,3,6H,2,4H2,(H,19,20);6H,4-5H2,1-3H3,(H,10,11);3H,1-2H2,(H,6,7)(H,8,9)/t10-;9-;2*6-;3-/m00000/s1. The highest BCUT2D eigenvalue weighted by Crippen LogP contribution is 2.37. The lowest BCUT2D eigenvalue weighted by Gasteiger charge is -2.27. The number of carboxylic acid groups (broad SMARTS) is 2. The molecule has 5 aliphatic heterocycles. The molecular weight excluding hydrogens is 1300 g/mol. The Morgan fingerprint density at radius 3 is 1.18 bits per heavy atom. The lowest BCUT2D eigenvalue weighted by Crippen LogP contribution is -2.42. The first kappa shape index (κ1) is 76.2. The Bertz CT molecular complexity index is 3560. The molecule has 4 aromatic rings. The molecule has 25 nitrogen and oxygen atoms in total. The smallest absolute Gasteiger partial charge is 0.420 e. The van der Waals surface area contributed by atoms with Gasteiger partial charge in [-0.3, -0.25) is 48.8 Å². The van der Waals surface area contributed by atoms with Crippen LogP contribution in [-0.4, -0.2) is 131 Å². The number of carbonyl (C=O) groups excluding carboxylic acids is 8. The maximum atomic E-state index is 13.8. The van der Waals surface area contributed by atoms with E-state index < -0.39 is 142 Å². The summed E-state index contributed by atoms with van der Waals surface area (Å²) in [6.07, 6.45) is -12.9. The van der Waals surface area contributed by atoms with Gasteiger partial charge in [0.25, 0.3) is 0 Å². The number of nitrogens with zero attached hydrogens (tertiary/aromatic N) is 7. The maximum absolute atomic E-state index is 13.8. The van der Waals surface area contributed by atoms with Gasteiger partial charge in [0, 0.05) is 43.6 Å². The molecule has 0 aliphatic carbocycles. The molecule has 9 rings (SSSR count). The number of rotatable bonds is 9. The van der Waals surface area contributed by atoms with Crippen molar-refractivity contribution in [2.45, 2.75) is 192 Å². The van der Waals surface area contributed by atoms with Gasteiger partial charge < -0.3 is 34.8 Å². The number of amides is 6. The molecule has 0 bridgehead atoms. The van der Waals surface area contributed by atoms with Crippen molar-refractivity contribution in [3.63, 3.8) is 0 Å². The van der Waals surface area contributed by atoms with E-state index in [1.165, 1.54) is 6.07 Å². The Hall–Kier alpha value is -9.48. The molecule has 5 aliphatic rings. The molecule has 5 atom stereocenters. The van der Waals surface area contributed by atoms with Crippen LogP contribution in [0.2, 0.25) is 0 Å². The quantitative estimate of drug-likeness (QED) is 0.0595. The minimum absolute atomic E-state index is 0.00150. The van der Waals surface area contributed by atoms with Gasteiger partial charge in [-0.1, -0.05) is 25.9 Å². The van der Waals surface area contributed by atoms with Crippen LogP contribution in [0.25, 0.3) is 0 Å². The van der Waals surface area contributed by atoms with Gasteiger partial charge >= 0.3 is 42.4 Å². The number of nitrogens with one attached hydrogen (secondary N) is 3. The van der Waals surface area contributed by atoms with Gasteiger partial charge in [0.05, 0.1) is 5.69 Å². The SMILES string of the molecule is CC(C)(C)OC(=O)[C@@H]1CCC(=O)N1.CC(C)(C)OC(=O)[C@@H]1CCC(=O)N1c1ccc(C(F)(F)F)c(F)n1.CC(C)(C)c1cc(NC(=O)[C@@H]2CCC(=O)N2c2ccc(C(F)(F)F)c(F)n2)on1.O=C(O)[C@@H]1CCC(=O)N1c1ccc(C(F)(F)F)c(F)n1.O=C1CC[C@@H](C(=O)O)N1. The number of aliphatic carboxylic acids is 2. The first-order chi connectivity index (χ1) is 43.6. The highest BCUT2D eigenvalue weighted by molar-refractivity contribution is 6.07. The Morgan fingerprint density at radius 2 is 0.863 bits per heavy atom. The zero-order valence-corrected chi connectivity index (χ0v) is 51.9. The van der Waals surface area contributed by atoms with E-state index in [1.807, 2.05) is 41.5 Å². The third kappa shape index (κ3) is 21.0. The van der Waals surface area contributed by atoms with E-state index in [2.05, 4.69) is 36.1 Å². The number of anilines is 4. The number of hydrogen-bond donors (Lipinski definition) is 5. The van der Waals surface area contributed by atoms with E-state index in [1.54, 1.807) is 20.8 Å². The van der Waals surface area contributed by atoms with Crippen LogP contribution in [0.1, 0.15) is 149 Å². The number of esters is 2. The molecule has 0 saturated carbocycles. The molecule has 0 aromatic carbocycles. The van der Waals surface area contributed by atoms with Gasteiger partial charge in [-0.2, -0.15) is 52.7 Å². The number of carbonyl (C=O) groups is 10. The minimum atomic E-state index is -4.92. The highest BCUT2D eigenvalue weighted by Gasteiger charge is 2.45. The predicted octanol–water partition coefficient (Wildman–Crippen LogP) is 8.51. The first-order valence-electron chi connectivity index (χ1n) is 28.5. The summed E-state index contributed by atoms with van der Waals surface area (Å²) < 4.78 is 169. The van der Waals surface area contributed by atoms with E-state index >= 15 is 0 Å². The van der Waals surface area contributed by atoms with Crippen molar-refractivity contribution in [1.82, 2.24) is 30.7 Å². The molecular formula is C58H64F12N10O15. The maximum Gasteiger partial charge on any atom is 0.420 e. The van der Waals surface area contributed by atoms with E-state index in [0.717, 1.165) is 28.0 Å². The number of ether oxygens (including phenoxy) is 2. The van der Waals surface area contributed by atoms with Crippen molar-refractivity contribution in [3.8, 4) is 0 Å². The van der Waals surface area contributed by atoms with E-state index in [-0.39, 0.29) is 79.2 Å². The summed E-state index contributed by atoms with van der Waals surface area (Å²) in [5.41, 5.74) is -5.66. The summed E-state index contributed by atoms with van der Waals surface area (Å²) >= 11 is 0. The van der Waals surface area contributed by atoms with Crippen molar-refractivity contribution < 1.29 is 125 Å². The number of carboxylic acids is 2. The topological polar surface area (TPSA) is 340 Å². The zero-order chi connectivity index (χ0) is 71.8. The molecule has 0 radical (unpaired) electrons. The summed E-state index contributed by atoms with van der Waals surface area (Å²) in [6, 6.07) is 1.03. The predicted molar refractivity (Wildman–Crippen MR) is 302 cm³/mol. The van der Waals surface area contributed by atoms with Crippen molar-refractivity contribution in [1.29, 1.82) is 0 Å². The lowest BCUT2D eigenvalue weighted by molar-refractivity contribution is -0.158. The minimum Gasteiger partial charge on any atom is -0.480 e. The Morgan fingerprint density at radius 1 is 0.505 bits per heavy atom. The van der Waals surface area contributed by atoms with Crippen LogP contribution in [0.15, 0.2) is 47.0 Å². The van der Waals surface area contributed by atoms with Gasteiger partial charge in [-0.05, 0) is 110 Å². The lowest BCUT2D eigenvalue weighted by atomic mass is 9.92. The Kier molecular flexibility index (Phi) is 24.0. The number of hydrogen-bond acceptors (Lipinski definition) is 17. The van der Waals surface area contributed by atoms with E-state index in [9.17, 15) is 101 Å². The third-order valence-corrected chi connectivity index (χ3v) is 13.6. The molecule has 95 heavy (non-hydrogen) atoms. The summed E-state index contributed by atoms with van der Waals surface area (Å²) in [7, 11) is 0. The summed E-state index contributed by atoms with van der Waals surface area (Å²) in [6.45, 7) is 16.0. The normalized spacial score (nSPS) is 19.8. The largest absolute Gasteiger partial charge is 0.480 e. The third-order valence-electron chi connectivity index (χ3n) is 13.6. The molecule has 520 valence electrons. The summed E-state index contributed by atoms with van der Waals surface area (Å²) in [5, 5.41) is 28.5. The van der Waals surface area contributed by atoms with Gasteiger partial charge in [0.1, 0.15) is 75.6 Å². The summed E-state index contributed by atoms with van der Waals surface area (Å²) in [4.78, 5) is 126. The van der Waals surface area contributed by atoms with Crippen molar-refractivity contribution in [3.05, 3.63) is 82.7 Å². The van der Waals surface area contributed by atoms with Gasteiger partial charge in [-0.25, -0.2) is 34.1 Å².